The summed E-state index contributed by atoms with van der Waals surface area (Å²) in [5, 5.41) is 9.48. The van der Waals surface area contributed by atoms with Crippen LogP contribution in [0.1, 0.15) is 10.4 Å². The van der Waals surface area contributed by atoms with Crippen LogP contribution < -0.4 is 0 Å². The predicted molar refractivity (Wildman–Crippen MR) is 99.2 cm³/mol. The second kappa shape index (κ2) is 7.44. The van der Waals surface area contributed by atoms with Crippen LogP contribution in [0.25, 0.3) is 0 Å². The molecule has 0 radical (unpaired) electrons. The second-order valence-corrected chi connectivity index (χ2v) is 8.49. The van der Waals surface area contributed by atoms with Gasteiger partial charge in [-0.05, 0) is 36.4 Å². The average Bonchev–Trinajstić information content (AvgIpc) is 2.64. The van der Waals surface area contributed by atoms with Gasteiger partial charge in [0.25, 0.3) is 5.91 Å². The molecule has 1 aliphatic rings. The number of amides is 1. The molecule has 3 rings (SSSR count). The standard InChI is InChI=1S/C17H16Cl2N2O4S/c18-14-2-1-3-15(16(14)19)26(24,25)21-10-8-20(9-11-21)17(23)12-4-6-13(22)7-5-12/h1-7,22H,8-11H2. The van der Waals surface area contributed by atoms with E-state index < -0.39 is 10.0 Å². The zero-order chi connectivity index (χ0) is 18.9. The van der Waals surface area contributed by atoms with Gasteiger partial charge in [0.15, 0.2) is 0 Å². The van der Waals surface area contributed by atoms with Gasteiger partial charge in [0.2, 0.25) is 10.0 Å². The molecule has 9 heteroatoms. The van der Waals surface area contributed by atoms with Crippen LogP contribution in [0.5, 0.6) is 5.75 Å². The van der Waals surface area contributed by atoms with Crippen LogP contribution in [-0.2, 0) is 10.0 Å². The van der Waals surface area contributed by atoms with Crippen molar-refractivity contribution < 1.29 is 18.3 Å². The van der Waals surface area contributed by atoms with Gasteiger partial charge in [-0.25, -0.2) is 8.42 Å². The minimum absolute atomic E-state index is 0.00299. The zero-order valence-electron chi connectivity index (χ0n) is 13.6. The Balaban J connectivity index is 1.72. The van der Waals surface area contributed by atoms with Crippen molar-refractivity contribution in [3.63, 3.8) is 0 Å². The number of piperazine rings is 1. The molecule has 1 fully saturated rings. The van der Waals surface area contributed by atoms with Gasteiger partial charge in [0.05, 0.1) is 10.0 Å². The molecular weight excluding hydrogens is 399 g/mol. The van der Waals surface area contributed by atoms with Crippen molar-refractivity contribution >= 4 is 39.1 Å². The van der Waals surface area contributed by atoms with Crippen molar-refractivity contribution in [2.75, 3.05) is 26.2 Å². The first kappa shape index (κ1) is 19.0. The first-order valence-electron chi connectivity index (χ1n) is 7.83. The van der Waals surface area contributed by atoms with E-state index in [-0.39, 0.29) is 52.8 Å². The quantitative estimate of drug-likeness (QED) is 0.837. The number of carbonyl (C=O) groups is 1. The summed E-state index contributed by atoms with van der Waals surface area (Å²) in [4.78, 5) is 14.0. The van der Waals surface area contributed by atoms with Gasteiger partial charge in [-0.1, -0.05) is 29.3 Å². The Hall–Kier alpha value is -1.80. The van der Waals surface area contributed by atoms with Gasteiger partial charge in [-0.2, -0.15) is 4.31 Å². The summed E-state index contributed by atoms with van der Waals surface area (Å²) in [5.41, 5.74) is 0.442. The molecule has 0 aromatic heterocycles. The van der Waals surface area contributed by atoms with Gasteiger partial charge >= 0.3 is 0 Å². The number of sulfonamides is 1. The summed E-state index contributed by atoms with van der Waals surface area (Å²) >= 11 is 12.0. The first-order chi connectivity index (χ1) is 12.3. The third-order valence-corrected chi connectivity index (χ3v) is 7.05. The van der Waals surface area contributed by atoms with Crippen molar-refractivity contribution in [1.29, 1.82) is 0 Å². The highest BCUT2D eigenvalue weighted by Gasteiger charge is 2.32. The van der Waals surface area contributed by atoms with Crippen LogP contribution >= 0.6 is 23.2 Å². The van der Waals surface area contributed by atoms with Gasteiger partial charge in [0.1, 0.15) is 10.6 Å². The van der Waals surface area contributed by atoms with E-state index in [9.17, 15) is 18.3 Å². The van der Waals surface area contributed by atoms with Crippen LogP contribution in [0.4, 0.5) is 0 Å². The normalized spacial score (nSPS) is 15.8. The maximum absolute atomic E-state index is 12.8. The highest BCUT2D eigenvalue weighted by molar-refractivity contribution is 7.89. The Bertz CT molecular complexity index is 924. The van der Waals surface area contributed by atoms with E-state index in [2.05, 4.69) is 0 Å². The number of halogens is 2. The highest BCUT2D eigenvalue weighted by Crippen LogP contribution is 2.31. The zero-order valence-corrected chi connectivity index (χ0v) is 15.9. The van der Waals surface area contributed by atoms with Crippen molar-refractivity contribution in [2.24, 2.45) is 0 Å². The van der Waals surface area contributed by atoms with E-state index in [0.29, 0.717) is 5.56 Å². The molecule has 0 saturated carbocycles. The number of carbonyl (C=O) groups excluding carboxylic acids is 1. The number of hydrogen-bond acceptors (Lipinski definition) is 4. The van der Waals surface area contributed by atoms with E-state index >= 15 is 0 Å². The topological polar surface area (TPSA) is 77.9 Å². The largest absolute Gasteiger partial charge is 0.508 e. The summed E-state index contributed by atoms with van der Waals surface area (Å²) in [7, 11) is -3.79. The smallest absolute Gasteiger partial charge is 0.253 e. The van der Waals surface area contributed by atoms with Crippen molar-refractivity contribution in [3.05, 3.63) is 58.1 Å². The van der Waals surface area contributed by atoms with Crippen LogP contribution in [0.15, 0.2) is 47.4 Å². The lowest BCUT2D eigenvalue weighted by Crippen LogP contribution is -2.50. The Morgan fingerprint density at radius 3 is 2.19 bits per heavy atom. The molecule has 0 spiro atoms. The molecule has 6 nitrogen and oxygen atoms in total. The van der Waals surface area contributed by atoms with E-state index in [1.54, 1.807) is 4.90 Å². The Kier molecular flexibility index (Phi) is 5.43. The molecule has 1 amide bonds. The minimum Gasteiger partial charge on any atom is -0.508 e. The summed E-state index contributed by atoms with van der Waals surface area (Å²) in [6.07, 6.45) is 0. The second-order valence-electron chi connectivity index (χ2n) is 5.80. The van der Waals surface area contributed by atoms with E-state index in [0.717, 1.165) is 0 Å². The number of aromatic hydroxyl groups is 1. The summed E-state index contributed by atoms with van der Waals surface area (Å²) < 4.78 is 26.9. The molecule has 26 heavy (non-hydrogen) atoms. The molecule has 0 bridgehead atoms. The molecule has 0 aliphatic carbocycles. The fourth-order valence-electron chi connectivity index (χ4n) is 2.74. The molecule has 1 N–H and O–H groups in total. The van der Waals surface area contributed by atoms with Crippen molar-refractivity contribution in [2.45, 2.75) is 4.90 Å². The van der Waals surface area contributed by atoms with Crippen LogP contribution in [0.3, 0.4) is 0 Å². The lowest BCUT2D eigenvalue weighted by molar-refractivity contribution is 0.0698. The third-order valence-electron chi connectivity index (χ3n) is 4.17. The Morgan fingerprint density at radius 2 is 1.58 bits per heavy atom. The molecule has 0 unspecified atom stereocenters. The van der Waals surface area contributed by atoms with E-state index in [4.69, 9.17) is 23.2 Å². The van der Waals surface area contributed by atoms with Crippen LogP contribution in [0.2, 0.25) is 10.0 Å². The molecule has 138 valence electrons. The molecule has 2 aromatic rings. The monoisotopic (exact) mass is 414 g/mol. The number of hydrogen-bond donors (Lipinski definition) is 1. The minimum atomic E-state index is -3.79. The SMILES string of the molecule is O=C(c1ccc(O)cc1)N1CCN(S(=O)(=O)c2cccc(Cl)c2Cl)CC1. The first-order valence-corrected chi connectivity index (χ1v) is 10.0. The third kappa shape index (κ3) is 3.66. The lowest BCUT2D eigenvalue weighted by atomic mass is 10.2. The van der Waals surface area contributed by atoms with Gasteiger partial charge < -0.3 is 10.0 Å². The summed E-state index contributed by atoms with van der Waals surface area (Å²) in [5.74, 6) is -0.126. The Labute approximate surface area is 161 Å². The molecule has 1 aliphatic heterocycles. The van der Waals surface area contributed by atoms with Crippen molar-refractivity contribution in [1.82, 2.24) is 9.21 Å². The molecule has 2 aromatic carbocycles. The maximum Gasteiger partial charge on any atom is 0.253 e. The predicted octanol–water partition coefficient (Wildman–Crippen LogP) is 2.85. The van der Waals surface area contributed by atoms with Gasteiger partial charge in [0, 0.05) is 31.7 Å². The average molecular weight is 415 g/mol. The van der Waals surface area contributed by atoms with E-state index in [1.165, 1.54) is 46.8 Å². The molecule has 1 heterocycles. The number of benzene rings is 2. The summed E-state index contributed by atoms with van der Waals surface area (Å²) in [6.45, 7) is 0.845. The summed E-state index contributed by atoms with van der Waals surface area (Å²) in [6, 6.07) is 10.4. The van der Waals surface area contributed by atoms with Crippen LogP contribution in [-0.4, -0.2) is 54.8 Å². The number of phenolic OH excluding ortho intramolecular Hbond substituents is 1. The van der Waals surface area contributed by atoms with Gasteiger partial charge in [-0.15, -0.1) is 0 Å². The van der Waals surface area contributed by atoms with Crippen molar-refractivity contribution in [3.8, 4) is 5.75 Å². The van der Waals surface area contributed by atoms with Gasteiger partial charge in [-0.3, -0.25) is 4.79 Å². The Morgan fingerprint density at radius 1 is 0.962 bits per heavy atom. The lowest BCUT2D eigenvalue weighted by Gasteiger charge is -2.34. The van der Waals surface area contributed by atoms with Crippen LogP contribution in [0, 0.1) is 0 Å². The number of rotatable bonds is 3. The fraction of sp³-hybridized carbons (Fsp3) is 0.235. The fourth-order valence-corrected chi connectivity index (χ4v) is 4.90. The maximum atomic E-state index is 12.8. The number of nitrogens with zero attached hydrogens (tertiary/aromatic N) is 2. The molecule has 1 saturated heterocycles. The highest BCUT2D eigenvalue weighted by atomic mass is 35.5. The molecule has 0 atom stereocenters. The molecular formula is C17H16Cl2N2O4S. The number of phenols is 1. The van der Waals surface area contributed by atoms with E-state index in [1.807, 2.05) is 0 Å².